The van der Waals surface area contributed by atoms with E-state index in [9.17, 15) is 0 Å². The Morgan fingerprint density at radius 1 is 1.18 bits per heavy atom. The van der Waals surface area contributed by atoms with E-state index in [1.165, 1.54) is 0 Å². The van der Waals surface area contributed by atoms with Crippen molar-refractivity contribution < 1.29 is 0 Å². The molecule has 2 heterocycles. The third-order valence-electron chi connectivity index (χ3n) is 3.09. The third kappa shape index (κ3) is 2.71. The predicted octanol–water partition coefficient (Wildman–Crippen LogP) is 0.879. The molecule has 1 fully saturated rings. The Labute approximate surface area is 102 Å². The van der Waals surface area contributed by atoms with E-state index in [0.29, 0.717) is 11.6 Å². The van der Waals surface area contributed by atoms with E-state index in [4.69, 9.17) is 5.26 Å². The first-order chi connectivity index (χ1) is 8.20. The predicted molar refractivity (Wildman–Crippen MR) is 65.7 cm³/mol. The van der Waals surface area contributed by atoms with Crippen LogP contribution in [0.2, 0.25) is 0 Å². The molecule has 5 heteroatoms. The van der Waals surface area contributed by atoms with Crippen LogP contribution < -0.4 is 4.90 Å². The summed E-state index contributed by atoms with van der Waals surface area (Å²) in [4.78, 5) is 13.0. The largest absolute Gasteiger partial charge is 0.338 e. The van der Waals surface area contributed by atoms with E-state index < -0.39 is 0 Å². The number of nitriles is 1. The Hall–Kier alpha value is -1.67. The zero-order valence-corrected chi connectivity index (χ0v) is 10.3. The molecule has 0 radical (unpaired) electrons. The number of nitrogens with zero attached hydrogens (tertiary/aromatic N) is 5. The van der Waals surface area contributed by atoms with E-state index in [-0.39, 0.29) is 0 Å². The van der Waals surface area contributed by atoms with Crippen LogP contribution in [-0.2, 0) is 0 Å². The van der Waals surface area contributed by atoms with Gasteiger partial charge in [-0.3, -0.25) is 4.90 Å². The van der Waals surface area contributed by atoms with Crippen molar-refractivity contribution in [1.82, 2.24) is 14.9 Å². The lowest BCUT2D eigenvalue weighted by Gasteiger charge is -2.36. The highest BCUT2D eigenvalue weighted by atomic mass is 15.3. The average molecular weight is 231 g/mol. The van der Waals surface area contributed by atoms with Crippen molar-refractivity contribution in [3.05, 3.63) is 18.0 Å². The van der Waals surface area contributed by atoms with Gasteiger partial charge in [-0.15, -0.1) is 0 Å². The molecule has 17 heavy (non-hydrogen) atoms. The number of piperazine rings is 1. The molecule has 5 nitrogen and oxygen atoms in total. The lowest BCUT2D eigenvalue weighted by molar-refractivity contribution is 0.208. The molecule has 0 aliphatic carbocycles. The summed E-state index contributed by atoms with van der Waals surface area (Å²) in [5.74, 6) is 0.729. The van der Waals surface area contributed by atoms with Gasteiger partial charge >= 0.3 is 0 Å². The molecule has 0 atom stereocenters. The Kier molecular flexibility index (Phi) is 3.55. The molecule has 2 rings (SSSR count). The molecule has 0 unspecified atom stereocenters. The van der Waals surface area contributed by atoms with Crippen molar-refractivity contribution in [2.24, 2.45) is 0 Å². The molecule has 1 aromatic rings. The quantitative estimate of drug-likeness (QED) is 0.756. The number of hydrogen-bond acceptors (Lipinski definition) is 5. The van der Waals surface area contributed by atoms with Gasteiger partial charge in [0.1, 0.15) is 6.07 Å². The first kappa shape index (κ1) is 11.8. The van der Waals surface area contributed by atoms with E-state index in [1.54, 1.807) is 12.4 Å². The van der Waals surface area contributed by atoms with Crippen LogP contribution in [0.3, 0.4) is 0 Å². The van der Waals surface area contributed by atoms with E-state index >= 15 is 0 Å². The highest BCUT2D eigenvalue weighted by Crippen LogP contribution is 2.12. The minimum atomic E-state index is 0.509. The van der Waals surface area contributed by atoms with Crippen LogP contribution in [0.15, 0.2) is 12.4 Å². The zero-order chi connectivity index (χ0) is 12.3. The van der Waals surface area contributed by atoms with E-state index in [0.717, 1.165) is 32.1 Å². The summed E-state index contributed by atoms with van der Waals surface area (Å²) in [5.41, 5.74) is 0.509. The molecule has 1 aliphatic heterocycles. The fraction of sp³-hybridized carbons (Fsp3) is 0.583. The molecular weight excluding hydrogens is 214 g/mol. The molecule has 1 saturated heterocycles. The molecular formula is C12H17N5. The molecule has 90 valence electrons. The summed E-state index contributed by atoms with van der Waals surface area (Å²) < 4.78 is 0. The van der Waals surface area contributed by atoms with Gasteiger partial charge in [0.05, 0.1) is 18.0 Å². The normalized spacial score (nSPS) is 17.2. The Morgan fingerprint density at radius 2 is 1.76 bits per heavy atom. The summed E-state index contributed by atoms with van der Waals surface area (Å²) in [6.07, 6.45) is 3.16. The molecule has 0 bridgehead atoms. The fourth-order valence-corrected chi connectivity index (χ4v) is 1.98. The van der Waals surface area contributed by atoms with E-state index in [2.05, 4.69) is 33.6 Å². The number of aromatic nitrogens is 2. The van der Waals surface area contributed by atoms with Gasteiger partial charge in [0.15, 0.2) is 0 Å². The molecule has 1 aromatic heterocycles. The zero-order valence-electron chi connectivity index (χ0n) is 10.3. The van der Waals surface area contributed by atoms with Crippen molar-refractivity contribution in [3.8, 4) is 6.07 Å². The average Bonchev–Trinajstić information content (AvgIpc) is 2.39. The highest BCUT2D eigenvalue weighted by Gasteiger charge is 2.20. The summed E-state index contributed by atoms with van der Waals surface area (Å²) in [6.45, 7) is 8.41. The van der Waals surface area contributed by atoms with Crippen molar-refractivity contribution in [1.29, 1.82) is 5.26 Å². The maximum Gasteiger partial charge on any atom is 0.225 e. The second-order valence-corrected chi connectivity index (χ2v) is 4.50. The highest BCUT2D eigenvalue weighted by molar-refractivity contribution is 5.33. The minimum Gasteiger partial charge on any atom is -0.338 e. The topological polar surface area (TPSA) is 56.0 Å². The number of anilines is 1. The Morgan fingerprint density at radius 3 is 2.24 bits per heavy atom. The molecule has 0 amide bonds. The van der Waals surface area contributed by atoms with Gasteiger partial charge in [0.25, 0.3) is 0 Å². The smallest absolute Gasteiger partial charge is 0.225 e. The SMILES string of the molecule is CC(C)N1CCN(c2ncc(C#N)cn2)CC1. The van der Waals surface area contributed by atoms with Crippen LogP contribution >= 0.6 is 0 Å². The molecule has 0 aromatic carbocycles. The molecule has 0 saturated carbocycles. The first-order valence-corrected chi connectivity index (χ1v) is 5.92. The van der Waals surface area contributed by atoms with Crippen LogP contribution in [0, 0.1) is 11.3 Å². The Bertz CT molecular complexity index is 398. The second-order valence-electron chi connectivity index (χ2n) is 4.50. The summed E-state index contributed by atoms with van der Waals surface area (Å²) in [7, 11) is 0. The summed E-state index contributed by atoms with van der Waals surface area (Å²) >= 11 is 0. The molecule has 0 spiro atoms. The van der Waals surface area contributed by atoms with Crippen molar-refractivity contribution in [3.63, 3.8) is 0 Å². The van der Waals surface area contributed by atoms with E-state index in [1.807, 2.05) is 6.07 Å². The van der Waals surface area contributed by atoms with Gasteiger partial charge < -0.3 is 4.90 Å². The minimum absolute atomic E-state index is 0.509. The second kappa shape index (κ2) is 5.11. The summed E-state index contributed by atoms with van der Waals surface area (Å²) in [5, 5.41) is 8.68. The maximum atomic E-state index is 8.68. The lowest BCUT2D eigenvalue weighted by Crippen LogP contribution is -2.49. The van der Waals surface area contributed by atoms with Crippen molar-refractivity contribution in [2.45, 2.75) is 19.9 Å². The van der Waals surface area contributed by atoms with Crippen LogP contribution in [-0.4, -0.2) is 47.1 Å². The number of hydrogen-bond donors (Lipinski definition) is 0. The van der Waals surface area contributed by atoms with Gasteiger partial charge in [-0.25, -0.2) is 9.97 Å². The third-order valence-corrected chi connectivity index (χ3v) is 3.09. The summed E-state index contributed by atoms with van der Waals surface area (Å²) in [6, 6.07) is 2.62. The van der Waals surface area contributed by atoms with Gasteiger partial charge in [-0.2, -0.15) is 5.26 Å². The molecule has 0 N–H and O–H groups in total. The van der Waals surface area contributed by atoms with Crippen molar-refractivity contribution >= 4 is 5.95 Å². The van der Waals surface area contributed by atoms with Crippen LogP contribution in [0.4, 0.5) is 5.95 Å². The number of rotatable bonds is 2. The van der Waals surface area contributed by atoms with Gasteiger partial charge in [-0.1, -0.05) is 0 Å². The fourth-order valence-electron chi connectivity index (χ4n) is 1.98. The lowest BCUT2D eigenvalue weighted by atomic mass is 10.2. The van der Waals surface area contributed by atoms with Crippen molar-refractivity contribution in [2.75, 3.05) is 31.1 Å². The first-order valence-electron chi connectivity index (χ1n) is 5.92. The van der Waals surface area contributed by atoms with Gasteiger partial charge in [0.2, 0.25) is 5.95 Å². The molecule has 1 aliphatic rings. The van der Waals surface area contributed by atoms with Gasteiger partial charge in [0, 0.05) is 32.2 Å². The maximum absolute atomic E-state index is 8.68. The van der Waals surface area contributed by atoms with Crippen LogP contribution in [0.1, 0.15) is 19.4 Å². The monoisotopic (exact) mass is 231 g/mol. The van der Waals surface area contributed by atoms with Gasteiger partial charge in [-0.05, 0) is 13.8 Å². The standard InChI is InChI=1S/C12H17N5/c1-10(2)16-3-5-17(6-4-16)12-14-8-11(7-13)9-15-12/h8-10H,3-6H2,1-2H3. The van der Waals surface area contributed by atoms with Crippen LogP contribution in [0.25, 0.3) is 0 Å². The van der Waals surface area contributed by atoms with Crippen LogP contribution in [0.5, 0.6) is 0 Å². The Balaban J connectivity index is 1.98.